The molecule has 2 saturated heterocycles. The highest BCUT2D eigenvalue weighted by Gasteiger charge is 2.47. The summed E-state index contributed by atoms with van der Waals surface area (Å²) in [6, 6.07) is 9.25. The monoisotopic (exact) mass is 400 g/mol. The average Bonchev–Trinajstić information content (AvgIpc) is 3.33. The molecule has 2 aliphatic heterocycles. The van der Waals surface area contributed by atoms with Crippen LogP contribution >= 0.6 is 0 Å². The minimum absolute atomic E-state index is 0.0802. The Balaban J connectivity index is 1.54. The van der Waals surface area contributed by atoms with Gasteiger partial charge in [0, 0.05) is 30.7 Å². The smallest absolute Gasteiger partial charge is 0.303 e. The van der Waals surface area contributed by atoms with Crippen molar-refractivity contribution in [1.29, 1.82) is 0 Å². The molecule has 4 unspecified atom stereocenters. The lowest BCUT2D eigenvalue weighted by atomic mass is 9.77. The Labute approximate surface area is 172 Å². The summed E-state index contributed by atoms with van der Waals surface area (Å²) in [5, 5.41) is 14.8. The SMILES string of the molecule is CCN(N=CC1C2CCC(O2)C1CCCCCCC(=O)O)C(=O)c1ccccc1. The van der Waals surface area contributed by atoms with Gasteiger partial charge in [-0.3, -0.25) is 9.59 Å². The van der Waals surface area contributed by atoms with Crippen molar-refractivity contribution in [2.45, 2.75) is 70.5 Å². The van der Waals surface area contributed by atoms with Crippen LogP contribution in [0.5, 0.6) is 0 Å². The predicted octanol–water partition coefficient (Wildman–Crippen LogP) is 4.35. The lowest BCUT2D eigenvalue weighted by Crippen LogP contribution is -2.31. The van der Waals surface area contributed by atoms with Gasteiger partial charge in [-0.05, 0) is 50.7 Å². The molecular formula is C23H32N2O4. The Hall–Kier alpha value is -2.21. The van der Waals surface area contributed by atoms with E-state index in [9.17, 15) is 9.59 Å². The van der Waals surface area contributed by atoms with E-state index in [-0.39, 0.29) is 24.3 Å². The van der Waals surface area contributed by atoms with E-state index in [1.54, 1.807) is 0 Å². The zero-order chi connectivity index (χ0) is 20.6. The maximum absolute atomic E-state index is 12.7. The van der Waals surface area contributed by atoms with E-state index in [0.29, 0.717) is 24.1 Å². The molecule has 3 rings (SSSR count). The van der Waals surface area contributed by atoms with Crippen LogP contribution in [-0.2, 0) is 9.53 Å². The van der Waals surface area contributed by atoms with Crippen molar-refractivity contribution in [3.8, 4) is 0 Å². The van der Waals surface area contributed by atoms with Gasteiger partial charge in [0.1, 0.15) is 0 Å². The van der Waals surface area contributed by atoms with Gasteiger partial charge in [-0.15, -0.1) is 0 Å². The van der Waals surface area contributed by atoms with Crippen molar-refractivity contribution in [2.24, 2.45) is 16.9 Å². The third kappa shape index (κ3) is 5.66. The molecule has 29 heavy (non-hydrogen) atoms. The zero-order valence-electron chi connectivity index (χ0n) is 17.2. The summed E-state index contributed by atoms with van der Waals surface area (Å²) in [5.41, 5.74) is 0.647. The molecule has 0 aromatic heterocycles. The molecule has 2 heterocycles. The number of hydrogen-bond acceptors (Lipinski definition) is 4. The first-order valence-corrected chi connectivity index (χ1v) is 10.9. The molecule has 2 fully saturated rings. The maximum Gasteiger partial charge on any atom is 0.303 e. The third-order valence-corrected chi connectivity index (χ3v) is 6.10. The molecular weight excluding hydrogens is 368 g/mol. The number of ether oxygens (including phenoxy) is 1. The van der Waals surface area contributed by atoms with Gasteiger partial charge in [0.15, 0.2) is 0 Å². The van der Waals surface area contributed by atoms with E-state index in [0.717, 1.165) is 44.9 Å². The molecule has 0 radical (unpaired) electrons. The van der Waals surface area contributed by atoms with Crippen molar-refractivity contribution >= 4 is 18.1 Å². The van der Waals surface area contributed by atoms with Gasteiger partial charge >= 0.3 is 5.97 Å². The van der Waals surface area contributed by atoms with Crippen LogP contribution in [-0.4, -0.2) is 47.0 Å². The first-order chi connectivity index (χ1) is 14.1. The molecule has 1 aromatic carbocycles. The lowest BCUT2D eigenvalue weighted by Gasteiger charge is -2.26. The molecule has 158 valence electrons. The number of fused-ring (bicyclic) bond motifs is 2. The molecule has 0 aliphatic carbocycles. The summed E-state index contributed by atoms with van der Waals surface area (Å²) in [4.78, 5) is 23.3. The molecule has 1 amide bonds. The van der Waals surface area contributed by atoms with Gasteiger partial charge in [-0.25, -0.2) is 5.01 Å². The molecule has 2 bridgehead atoms. The summed E-state index contributed by atoms with van der Waals surface area (Å²) in [5.74, 6) is -0.0930. The molecule has 6 nitrogen and oxygen atoms in total. The summed E-state index contributed by atoms with van der Waals surface area (Å²) in [7, 11) is 0. The largest absolute Gasteiger partial charge is 0.481 e. The summed E-state index contributed by atoms with van der Waals surface area (Å²) >= 11 is 0. The quantitative estimate of drug-likeness (QED) is 0.340. The number of benzene rings is 1. The Morgan fingerprint density at radius 2 is 1.86 bits per heavy atom. The molecule has 1 N–H and O–H groups in total. The van der Waals surface area contributed by atoms with Gasteiger partial charge in [-0.2, -0.15) is 5.10 Å². The minimum Gasteiger partial charge on any atom is -0.481 e. The van der Waals surface area contributed by atoms with Crippen molar-refractivity contribution in [3.05, 3.63) is 35.9 Å². The molecule has 0 spiro atoms. The van der Waals surface area contributed by atoms with E-state index in [1.807, 2.05) is 43.5 Å². The second kappa shape index (κ2) is 10.5. The highest BCUT2D eigenvalue weighted by Crippen LogP contribution is 2.45. The van der Waals surface area contributed by atoms with Crippen molar-refractivity contribution < 1.29 is 19.4 Å². The highest BCUT2D eigenvalue weighted by atomic mass is 16.5. The molecule has 2 aliphatic rings. The number of carbonyl (C=O) groups is 2. The number of nitrogens with zero attached hydrogens (tertiary/aromatic N) is 2. The standard InChI is InChI=1S/C23H32N2O4/c1-2-25(23(28)17-10-6-5-7-11-17)24-16-19-18(20-14-15-21(19)29-20)12-8-3-4-9-13-22(26)27/h5-7,10-11,16,18-21H,2-4,8-9,12-15H2,1H3,(H,26,27). The topological polar surface area (TPSA) is 79.2 Å². The number of rotatable bonds is 11. The number of hydrazone groups is 1. The predicted molar refractivity (Wildman–Crippen MR) is 112 cm³/mol. The van der Waals surface area contributed by atoms with Crippen LogP contribution in [0.25, 0.3) is 0 Å². The van der Waals surface area contributed by atoms with E-state index >= 15 is 0 Å². The van der Waals surface area contributed by atoms with Crippen molar-refractivity contribution in [1.82, 2.24) is 5.01 Å². The summed E-state index contributed by atoms with van der Waals surface area (Å²) < 4.78 is 6.15. The van der Waals surface area contributed by atoms with Gasteiger partial charge in [0.25, 0.3) is 5.91 Å². The average molecular weight is 401 g/mol. The number of hydrogen-bond donors (Lipinski definition) is 1. The second-order valence-corrected chi connectivity index (χ2v) is 8.03. The Bertz CT molecular complexity index is 706. The van der Waals surface area contributed by atoms with Crippen LogP contribution in [0, 0.1) is 11.8 Å². The highest BCUT2D eigenvalue weighted by molar-refractivity contribution is 5.94. The van der Waals surface area contributed by atoms with E-state index in [4.69, 9.17) is 9.84 Å². The fraction of sp³-hybridized carbons (Fsp3) is 0.609. The number of carboxylic acids is 1. The van der Waals surface area contributed by atoms with E-state index < -0.39 is 5.97 Å². The van der Waals surface area contributed by atoms with Crippen LogP contribution < -0.4 is 0 Å². The van der Waals surface area contributed by atoms with Crippen LogP contribution in [0.3, 0.4) is 0 Å². The molecule has 1 aromatic rings. The Morgan fingerprint density at radius 3 is 2.59 bits per heavy atom. The van der Waals surface area contributed by atoms with Crippen molar-refractivity contribution in [3.63, 3.8) is 0 Å². The molecule has 6 heteroatoms. The number of carboxylic acid groups (broad SMARTS) is 1. The Kier molecular flexibility index (Phi) is 7.81. The van der Waals surface area contributed by atoms with Crippen LogP contribution in [0.1, 0.15) is 68.6 Å². The number of unbranched alkanes of at least 4 members (excludes halogenated alkanes) is 3. The molecule has 4 atom stereocenters. The minimum atomic E-state index is -0.715. The Morgan fingerprint density at radius 1 is 1.14 bits per heavy atom. The molecule has 0 saturated carbocycles. The normalized spacial score (nSPS) is 25.6. The lowest BCUT2D eigenvalue weighted by molar-refractivity contribution is -0.137. The zero-order valence-corrected chi connectivity index (χ0v) is 17.2. The first-order valence-electron chi connectivity index (χ1n) is 10.9. The first kappa shape index (κ1) is 21.5. The van der Waals surface area contributed by atoms with E-state index in [2.05, 4.69) is 5.10 Å². The summed E-state index contributed by atoms with van der Waals surface area (Å²) in [6.45, 7) is 2.46. The van der Waals surface area contributed by atoms with Crippen molar-refractivity contribution in [2.75, 3.05) is 6.54 Å². The van der Waals surface area contributed by atoms with Gasteiger partial charge in [0.2, 0.25) is 0 Å². The second-order valence-electron chi connectivity index (χ2n) is 8.03. The van der Waals surface area contributed by atoms with Gasteiger partial charge < -0.3 is 9.84 Å². The third-order valence-electron chi connectivity index (χ3n) is 6.10. The van der Waals surface area contributed by atoms with Gasteiger partial charge in [0.05, 0.1) is 12.2 Å². The van der Waals surface area contributed by atoms with Crippen LogP contribution in [0.15, 0.2) is 35.4 Å². The van der Waals surface area contributed by atoms with Gasteiger partial charge in [-0.1, -0.05) is 37.5 Å². The number of amides is 1. The summed E-state index contributed by atoms with van der Waals surface area (Å²) in [6.07, 6.45) is 9.82. The number of carbonyl (C=O) groups excluding carboxylic acids is 1. The van der Waals surface area contributed by atoms with Crippen LogP contribution in [0.4, 0.5) is 0 Å². The van der Waals surface area contributed by atoms with E-state index in [1.165, 1.54) is 5.01 Å². The fourth-order valence-corrected chi connectivity index (χ4v) is 4.57. The fourth-order valence-electron chi connectivity index (χ4n) is 4.57. The maximum atomic E-state index is 12.7. The number of aliphatic carboxylic acids is 1. The van der Waals surface area contributed by atoms with Crippen LogP contribution in [0.2, 0.25) is 0 Å².